The third kappa shape index (κ3) is 22.4. The first-order chi connectivity index (χ1) is 49.3. The fourth-order valence-electron chi connectivity index (χ4n) is 11.9. The highest BCUT2D eigenvalue weighted by molar-refractivity contribution is 7.85. The molecular weight excluding hydrogens is 1350 g/mol. The zero-order valence-electron chi connectivity index (χ0n) is 58.6. The predicted molar refractivity (Wildman–Crippen MR) is 398 cm³/mol. The number of aliphatic imine (C=N–C) groups is 2. The van der Waals surface area contributed by atoms with Crippen LogP contribution in [0, 0.1) is 6.92 Å². The molecule has 104 heavy (non-hydrogen) atoms. The first-order valence-electron chi connectivity index (χ1n) is 33.9. The number of para-hydroxylation sites is 2. The fraction of sp³-hybridized carbons (Fsp3) is 0.388. The van der Waals surface area contributed by atoms with Crippen molar-refractivity contribution in [2.24, 2.45) is 9.98 Å². The minimum absolute atomic E-state index is 0. The second kappa shape index (κ2) is 39.5. The van der Waals surface area contributed by atoms with E-state index < -0.39 is 10.1 Å². The Balaban J connectivity index is 0.000000282. The Bertz CT molecular complexity index is 4270. The van der Waals surface area contributed by atoms with Crippen LogP contribution in [-0.2, 0) is 95.2 Å². The molecule has 11 rings (SSSR count). The summed E-state index contributed by atoms with van der Waals surface area (Å²) in [6.45, 7) is 5.46. The number of nitrogens with zero attached hydrogens (tertiary/aromatic N) is 4. The molecule has 23 nitrogen and oxygen atoms in total. The molecule has 2 atom stereocenters. The standard InChI is InChI=1S/C48H44N4O8.C16H24O6S.C14H20O5.2CH4/c1-29-16-37-39(49-25-34-20-32-10-4-6-12-41(32)51(34)47(37)54)23-43(29)59-27-30-17-31(19-36(18-30)58-15-9-8-14-46(53)57-3)28-60-45-24-40-38(22-44(45)56-2)48(55)52-35(26-50-40)21-33-11-5-7-13-42(33)52;1-4-13-9-14(12-22-23(3,18)19)11-15(10-13)21-8-6-5-7-16(17)20-2;1-18-14(17)4-2-3-5-19-13-7-11(9-15)6-12(8-13)10-16;;/h4-7,10-13,16-19,22-26,34-35H,8-9,14-15,20-21,27-28H2,1-3H3;9-11H,4-8,12H2,1-3H3;6-8,15-16H,2-5,9-10H2,1H3;2*1H4/t34-,35-;;;;/m0..../s1. The number of anilines is 2. The van der Waals surface area contributed by atoms with Crippen molar-refractivity contribution in [3.63, 3.8) is 0 Å². The largest absolute Gasteiger partial charge is 0.494 e. The molecule has 7 aromatic carbocycles. The molecule has 7 aromatic rings. The number of aliphatic hydroxyl groups excluding tert-OH is 2. The summed E-state index contributed by atoms with van der Waals surface area (Å²) in [6, 6.07) is 39.3. The molecule has 0 spiro atoms. The van der Waals surface area contributed by atoms with Gasteiger partial charge in [0.1, 0.15) is 36.2 Å². The number of hydrogen-bond donors (Lipinski definition) is 2. The van der Waals surface area contributed by atoms with Crippen molar-refractivity contribution in [1.82, 2.24) is 0 Å². The average molecular weight is 1450 g/mol. The summed E-state index contributed by atoms with van der Waals surface area (Å²) in [5.74, 6) is 2.46. The zero-order valence-corrected chi connectivity index (χ0v) is 59.4. The summed E-state index contributed by atoms with van der Waals surface area (Å²) in [5, 5.41) is 18.2. The zero-order chi connectivity index (χ0) is 72.7. The van der Waals surface area contributed by atoms with Gasteiger partial charge >= 0.3 is 17.9 Å². The summed E-state index contributed by atoms with van der Waals surface area (Å²) in [7, 11) is 2.20. The van der Waals surface area contributed by atoms with E-state index in [0.29, 0.717) is 139 Å². The maximum absolute atomic E-state index is 13.9. The number of benzene rings is 7. The molecular formula is C80H96N4O19S. The quantitative estimate of drug-likeness (QED) is 0.0177. The van der Waals surface area contributed by atoms with Gasteiger partial charge in [-0.1, -0.05) is 70.3 Å². The van der Waals surface area contributed by atoms with E-state index in [1.54, 1.807) is 48.4 Å². The van der Waals surface area contributed by atoms with Crippen LogP contribution in [0.1, 0.15) is 150 Å². The summed E-state index contributed by atoms with van der Waals surface area (Å²) in [5.41, 5.74) is 11.8. The van der Waals surface area contributed by atoms with Crippen LogP contribution in [0.3, 0.4) is 0 Å². The van der Waals surface area contributed by atoms with Gasteiger partial charge in [0.15, 0.2) is 11.5 Å². The minimum atomic E-state index is -3.47. The van der Waals surface area contributed by atoms with Crippen LogP contribution >= 0.6 is 0 Å². The number of esters is 3. The Morgan fingerprint density at radius 2 is 0.885 bits per heavy atom. The fourth-order valence-corrected chi connectivity index (χ4v) is 12.3. The van der Waals surface area contributed by atoms with Crippen molar-refractivity contribution in [3.05, 3.63) is 189 Å². The highest BCUT2D eigenvalue weighted by Crippen LogP contribution is 2.43. The maximum atomic E-state index is 13.9. The molecule has 0 radical (unpaired) electrons. The number of unbranched alkanes of at least 4 members (excludes halogenated alkanes) is 3. The third-order valence-electron chi connectivity index (χ3n) is 17.2. The molecule has 0 bridgehead atoms. The van der Waals surface area contributed by atoms with Crippen molar-refractivity contribution in [3.8, 4) is 34.5 Å². The topological polar surface area (TPSA) is 283 Å². The number of aryl methyl sites for hydroxylation is 2. The lowest BCUT2D eigenvalue weighted by molar-refractivity contribution is -0.141. The van der Waals surface area contributed by atoms with Crippen LogP contribution < -0.4 is 38.2 Å². The number of hydrogen-bond acceptors (Lipinski definition) is 21. The second-order valence-electron chi connectivity index (χ2n) is 24.7. The van der Waals surface area contributed by atoms with Gasteiger partial charge in [-0.15, -0.1) is 0 Å². The number of ether oxygens (including phenoxy) is 9. The highest BCUT2D eigenvalue weighted by Gasteiger charge is 2.38. The summed E-state index contributed by atoms with van der Waals surface area (Å²) in [6.07, 6.45) is 12.2. The number of carbonyl (C=O) groups is 5. The van der Waals surface area contributed by atoms with E-state index in [1.807, 2.05) is 116 Å². The van der Waals surface area contributed by atoms with Gasteiger partial charge in [0, 0.05) is 68.0 Å². The van der Waals surface area contributed by atoms with Gasteiger partial charge in [0.05, 0.1) is 109 Å². The number of carbonyl (C=O) groups excluding carboxylic acids is 5. The molecule has 24 heteroatoms. The Labute approximate surface area is 609 Å². The predicted octanol–water partition coefficient (Wildman–Crippen LogP) is 13.6. The molecule has 0 saturated carbocycles. The van der Waals surface area contributed by atoms with Crippen molar-refractivity contribution in [1.29, 1.82) is 0 Å². The Morgan fingerprint density at radius 3 is 1.32 bits per heavy atom. The normalized spacial score (nSPS) is 14.0. The maximum Gasteiger partial charge on any atom is 0.305 e. The first-order valence-corrected chi connectivity index (χ1v) is 35.7. The molecule has 2 N–H and O–H groups in total. The van der Waals surface area contributed by atoms with Crippen molar-refractivity contribution in [2.75, 3.05) is 64.3 Å². The van der Waals surface area contributed by atoms with E-state index in [1.165, 1.54) is 21.3 Å². The van der Waals surface area contributed by atoms with Crippen LogP contribution in [0.5, 0.6) is 34.5 Å². The molecule has 4 aliphatic rings. The number of rotatable bonds is 31. The third-order valence-corrected chi connectivity index (χ3v) is 17.7. The van der Waals surface area contributed by atoms with E-state index in [4.69, 9.17) is 57.5 Å². The molecule has 2 amide bonds. The number of amides is 2. The first kappa shape index (κ1) is 81.2. The van der Waals surface area contributed by atoms with Gasteiger partial charge in [-0.25, -0.2) is 0 Å². The molecule has 0 fully saturated rings. The highest BCUT2D eigenvalue weighted by atomic mass is 32.2. The number of fused-ring (bicyclic) bond motifs is 8. The Hall–Kier alpha value is -10.1. The molecule has 4 aliphatic heterocycles. The molecule has 556 valence electrons. The summed E-state index contributed by atoms with van der Waals surface area (Å²) < 4.78 is 76.8. The lowest BCUT2D eigenvalue weighted by Crippen LogP contribution is -2.37. The van der Waals surface area contributed by atoms with Crippen LogP contribution in [0.2, 0.25) is 0 Å². The van der Waals surface area contributed by atoms with Gasteiger partial charge in [0.2, 0.25) is 0 Å². The van der Waals surface area contributed by atoms with E-state index >= 15 is 0 Å². The summed E-state index contributed by atoms with van der Waals surface area (Å²) >= 11 is 0. The van der Waals surface area contributed by atoms with Crippen molar-refractivity contribution < 1.29 is 89.4 Å². The van der Waals surface area contributed by atoms with E-state index in [9.17, 15) is 32.4 Å². The number of methoxy groups -OCH3 is 4. The van der Waals surface area contributed by atoms with E-state index in [2.05, 4.69) is 15.5 Å². The van der Waals surface area contributed by atoms with Crippen LogP contribution in [0.25, 0.3) is 0 Å². The van der Waals surface area contributed by atoms with Crippen LogP contribution in [0.15, 0.2) is 137 Å². The van der Waals surface area contributed by atoms with Crippen LogP contribution in [-0.4, -0.2) is 127 Å². The van der Waals surface area contributed by atoms with Gasteiger partial charge in [-0.3, -0.25) is 47.9 Å². The lowest BCUT2D eigenvalue weighted by Gasteiger charge is -2.22. The van der Waals surface area contributed by atoms with Gasteiger partial charge in [-0.2, -0.15) is 8.42 Å². The lowest BCUT2D eigenvalue weighted by atomic mass is 10.1. The molecule has 0 saturated heterocycles. The number of aliphatic hydroxyl groups is 2. The van der Waals surface area contributed by atoms with E-state index in [-0.39, 0.29) is 89.7 Å². The summed E-state index contributed by atoms with van der Waals surface area (Å²) in [4.78, 5) is 74.5. The van der Waals surface area contributed by atoms with Gasteiger partial charge in [-0.05, 0) is 169 Å². The average Bonchev–Trinajstić information content (AvgIpc) is 1.61. The monoisotopic (exact) mass is 1450 g/mol. The molecule has 4 heterocycles. The van der Waals surface area contributed by atoms with Crippen LogP contribution in [0.4, 0.5) is 22.7 Å². The molecule has 0 aromatic heterocycles. The minimum Gasteiger partial charge on any atom is -0.494 e. The Morgan fingerprint density at radius 1 is 0.490 bits per heavy atom. The van der Waals surface area contributed by atoms with Crippen molar-refractivity contribution in [2.45, 2.75) is 151 Å². The molecule has 0 aliphatic carbocycles. The second-order valence-corrected chi connectivity index (χ2v) is 26.3. The Kier molecular flexibility index (Phi) is 30.8. The molecule has 0 unspecified atom stereocenters. The van der Waals surface area contributed by atoms with Gasteiger partial charge < -0.3 is 52.8 Å². The van der Waals surface area contributed by atoms with Crippen molar-refractivity contribution >= 4 is 75.0 Å². The van der Waals surface area contributed by atoms with E-state index in [0.717, 1.165) is 82.3 Å². The van der Waals surface area contributed by atoms with Gasteiger partial charge in [0.25, 0.3) is 21.9 Å². The smallest absolute Gasteiger partial charge is 0.305 e. The SMILES string of the molecule is C.C.CCc1cc(COS(C)(=O)=O)cc(OCCCCC(=O)OC)c1.COC(=O)CCCCOc1cc(CO)cc(CO)c1.COC(=O)CCCCOc1cc(COc2cc3c(cc2C)C(=O)N2c4ccccc4C[C@H]2C=N3)cc(COc2cc3c(cc2OC)C(=O)N2c4ccccc4C[C@H]2C=N3)c1.